The molecule has 2 aromatic heterocycles. The van der Waals surface area contributed by atoms with Crippen LogP contribution in [0.15, 0.2) is 48.5 Å². The molecule has 2 aromatic carbocycles. The lowest BCUT2D eigenvalue weighted by molar-refractivity contribution is 0.111. The maximum Gasteiger partial charge on any atom is 0.196 e. The molecule has 1 aliphatic carbocycles. The number of anilines is 1. The predicted molar refractivity (Wildman–Crippen MR) is 127 cm³/mol. The van der Waals surface area contributed by atoms with E-state index in [2.05, 4.69) is 25.5 Å². The van der Waals surface area contributed by atoms with Crippen molar-refractivity contribution in [2.45, 2.75) is 45.2 Å². The molecule has 2 heterocycles. The van der Waals surface area contributed by atoms with E-state index in [-0.39, 0.29) is 11.6 Å². The van der Waals surface area contributed by atoms with Crippen LogP contribution in [0.4, 0.5) is 10.2 Å². The number of aryl methyl sites for hydroxylation is 1. The van der Waals surface area contributed by atoms with Gasteiger partial charge in [-0.3, -0.25) is 4.79 Å². The van der Waals surface area contributed by atoms with Crippen LogP contribution in [-0.2, 0) is 6.54 Å². The van der Waals surface area contributed by atoms with Gasteiger partial charge in [-0.05, 0) is 43.5 Å². The normalized spacial score (nSPS) is 14.2. The van der Waals surface area contributed by atoms with Crippen molar-refractivity contribution < 1.29 is 9.18 Å². The van der Waals surface area contributed by atoms with E-state index in [0.29, 0.717) is 30.3 Å². The molecular formula is C26H26FN5O. The summed E-state index contributed by atoms with van der Waals surface area (Å²) < 4.78 is 15.6. The van der Waals surface area contributed by atoms with E-state index in [1.165, 1.54) is 25.0 Å². The van der Waals surface area contributed by atoms with E-state index in [1.54, 1.807) is 12.1 Å². The van der Waals surface area contributed by atoms with Crippen LogP contribution in [0.25, 0.3) is 22.6 Å². The fourth-order valence-corrected chi connectivity index (χ4v) is 4.73. The van der Waals surface area contributed by atoms with Crippen molar-refractivity contribution in [3.63, 3.8) is 0 Å². The summed E-state index contributed by atoms with van der Waals surface area (Å²) in [4.78, 5) is 27.8. The molecule has 0 atom stereocenters. The lowest BCUT2D eigenvalue weighted by Crippen LogP contribution is -2.30. The molecule has 1 fully saturated rings. The molecule has 33 heavy (non-hydrogen) atoms. The highest BCUT2D eigenvalue weighted by atomic mass is 19.1. The molecule has 0 amide bonds. The zero-order valence-corrected chi connectivity index (χ0v) is 18.8. The maximum atomic E-state index is 13.6. The maximum absolute atomic E-state index is 13.6. The molecule has 0 saturated heterocycles. The number of rotatable bonds is 6. The van der Waals surface area contributed by atoms with E-state index in [1.807, 2.05) is 32.2 Å². The summed E-state index contributed by atoms with van der Waals surface area (Å²) in [5.74, 6) is 1.32. The van der Waals surface area contributed by atoms with Gasteiger partial charge in [0.2, 0.25) is 0 Å². The molecule has 1 saturated carbocycles. The third-order valence-corrected chi connectivity index (χ3v) is 6.44. The predicted octanol–water partition coefficient (Wildman–Crippen LogP) is 5.18. The minimum absolute atomic E-state index is 0.129. The fourth-order valence-electron chi connectivity index (χ4n) is 4.73. The number of carbonyl (C=O) groups excluding carboxylic acids is 1. The van der Waals surface area contributed by atoms with Crippen LogP contribution in [0, 0.1) is 12.7 Å². The van der Waals surface area contributed by atoms with Gasteiger partial charge in [-0.25, -0.2) is 19.3 Å². The molecule has 168 valence electrons. The first kappa shape index (κ1) is 21.2. The summed E-state index contributed by atoms with van der Waals surface area (Å²) in [7, 11) is 2.04. The van der Waals surface area contributed by atoms with Crippen molar-refractivity contribution in [2.75, 3.05) is 11.9 Å². The number of aromatic nitrogens is 4. The zero-order chi connectivity index (χ0) is 22.9. The van der Waals surface area contributed by atoms with Gasteiger partial charge < -0.3 is 9.47 Å². The number of hydrogen-bond donors (Lipinski definition) is 0. The van der Waals surface area contributed by atoms with Gasteiger partial charge in [0, 0.05) is 25.2 Å². The van der Waals surface area contributed by atoms with E-state index in [9.17, 15) is 9.18 Å². The Balaban J connectivity index is 1.75. The lowest BCUT2D eigenvalue weighted by atomic mass is 10.1. The molecule has 1 aliphatic rings. The van der Waals surface area contributed by atoms with Gasteiger partial charge in [0.25, 0.3) is 0 Å². The summed E-state index contributed by atoms with van der Waals surface area (Å²) in [6.45, 7) is 2.52. The summed E-state index contributed by atoms with van der Waals surface area (Å²) >= 11 is 0. The number of nitrogens with zero attached hydrogens (tertiary/aromatic N) is 5. The van der Waals surface area contributed by atoms with Crippen LogP contribution in [0.1, 0.15) is 47.4 Å². The van der Waals surface area contributed by atoms with E-state index < -0.39 is 0 Å². The van der Waals surface area contributed by atoms with E-state index in [4.69, 9.17) is 4.98 Å². The van der Waals surface area contributed by atoms with E-state index in [0.717, 1.165) is 40.9 Å². The van der Waals surface area contributed by atoms with Crippen molar-refractivity contribution in [3.05, 3.63) is 71.3 Å². The number of imidazole rings is 1. The Morgan fingerprint density at radius 2 is 1.85 bits per heavy atom. The van der Waals surface area contributed by atoms with Crippen LogP contribution in [-0.4, -0.2) is 38.9 Å². The lowest BCUT2D eigenvalue weighted by Gasteiger charge is -2.26. The van der Waals surface area contributed by atoms with Crippen molar-refractivity contribution >= 4 is 23.3 Å². The highest BCUT2D eigenvalue weighted by molar-refractivity contribution is 5.90. The smallest absolute Gasteiger partial charge is 0.196 e. The molecule has 0 bridgehead atoms. The van der Waals surface area contributed by atoms with Crippen molar-refractivity contribution in [1.82, 2.24) is 19.5 Å². The zero-order valence-electron chi connectivity index (χ0n) is 18.8. The molecule has 0 aliphatic heterocycles. The number of aldehydes is 1. The van der Waals surface area contributed by atoms with Gasteiger partial charge in [-0.15, -0.1) is 0 Å². The Morgan fingerprint density at radius 3 is 2.55 bits per heavy atom. The Labute approximate surface area is 192 Å². The summed E-state index contributed by atoms with van der Waals surface area (Å²) in [6, 6.07) is 15.0. The first-order valence-electron chi connectivity index (χ1n) is 11.3. The number of carbonyl (C=O) groups is 1. The molecule has 0 radical (unpaired) electrons. The van der Waals surface area contributed by atoms with Crippen LogP contribution < -0.4 is 4.90 Å². The number of benzene rings is 2. The van der Waals surface area contributed by atoms with Gasteiger partial charge in [0.15, 0.2) is 23.6 Å². The molecule has 0 spiro atoms. The molecule has 4 aromatic rings. The third-order valence-electron chi connectivity index (χ3n) is 6.44. The molecule has 7 heteroatoms. The quantitative estimate of drug-likeness (QED) is 0.384. The molecular weight excluding hydrogens is 417 g/mol. The number of halogens is 1. The SMILES string of the molecule is Cc1cccc(-c2nc3nc(C=O)nc(N(C)C4CCCC4)c3n2Cc2ccc(F)cc2)c1. The first-order valence-corrected chi connectivity index (χ1v) is 11.3. The third kappa shape index (κ3) is 4.11. The first-order chi connectivity index (χ1) is 16.0. The second-order valence-electron chi connectivity index (χ2n) is 8.76. The minimum atomic E-state index is -0.270. The number of hydrogen-bond acceptors (Lipinski definition) is 5. The van der Waals surface area contributed by atoms with Gasteiger partial charge in [-0.1, -0.05) is 48.7 Å². The Bertz CT molecular complexity index is 1310. The van der Waals surface area contributed by atoms with Crippen molar-refractivity contribution in [2.24, 2.45) is 0 Å². The average Bonchev–Trinajstić information content (AvgIpc) is 3.48. The Kier molecular flexibility index (Phi) is 5.62. The van der Waals surface area contributed by atoms with Gasteiger partial charge in [-0.2, -0.15) is 0 Å². The van der Waals surface area contributed by atoms with Gasteiger partial charge >= 0.3 is 0 Å². The topological polar surface area (TPSA) is 63.9 Å². The fraction of sp³-hybridized carbons (Fsp3) is 0.308. The monoisotopic (exact) mass is 443 g/mol. The van der Waals surface area contributed by atoms with Gasteiger partial charge in [0.05, 0.1) is 0 Å². The minimum Gasteiger partial charge on any atom is -0.355 e. The van der Waals surface area contributed by atoms with Crippen LogP contribution in [0.5, 0.6) is 0 Å². The Hall–Kier alpha value is -3.61. The van der Waals surface area contributed by atoms with Gasteiger partial charge in [0.1, 0.15) is 17.2 Å². The molecule has 6 nitrogen and oxygen atoms in total. The van der Waals surface area contributed by atoms with E-state index >= 15 is 0 Å². The standard InChI is InChI=1S/C26H26FN5O/c1-17-6-5-7-19(14-17)25-30-24-23(32(25)15-18-10-12-20(27)13-11-18)26(29-22(16-33)28-24)31(2)21-8-3-4-9-21/h5-7,10-14,16,21H,3-4,8-9,15H2,1-2H3. The van der Waals surface area contributed by atoms with Crippen molar-refractivity contribution in [1.29, 1.82) is 0 Å². The largest absolute Gasteiger partial charge is 0.355 e. The summed E-state index contributed by atoms with van der Waals surface area (Å²) in [6.07, 6.45) is 5.24. The summed E-state index contributed by atoms with van der Waals surface area (Å²) in [5.41, 5.74) is 4.30. The summed E-state index contributed by atoms with van der Waals surface area (Å²) in [5, 5.41) is 0. The van der Waals surface area contributed by atoms with Crippen LogP contribution in [0.2, 0.25) is 0 Å². The highest BCUT2D eigenvalue weighted by Gasteiger charge is 2.26. The second kappa shape index (κ2) is 8.73. The second-order valence-corrected chi connectivity index (χ2v) is 8.76. The molecule has 0 N–H and O–H groups in total. The number of fused-ring (bicyclic) bond motifs is 1. The van der Waals surface area contributed by atoms with Crippen LogP contribution >= 0.6 is 0 Å². The highest BCUT2D eigenvalue weighted by Crippen LogP contribution is 2.34. The van der Waals surface area contributed by atoms with Crippen molar-refractivity contribution in [3.8, 4) is 11.4 Å². The average molecular weight is 444 g/mol. The Morgan fingerprint density at radius 1 is 1.09 bits per heavy atom. The molecule has 0 unspecified atom stereocenters. The van der Waals surface area contributed by atoms with Crippen LogP contribution in [0.3, 0.4) is 0 Å². The molecule has 5 rings (SSSR count).